The van der Waals surface area contributed by atoms with Crippen LogP contribution in [0.1, 0.15) is 28.0 Å². The van der Waals surface area contributed by atoms with Gasteiger partial charge in [0.2, 0.25) is 5.91 Å². The lowest BCUT2D eigenvalue weighted by molar-refractivity contribution is -0.116. The summed E-state index contributed by atoms with van der Waals surface area (Å²) in [5, 5.41) is 6.27. The van der Waals surface area contributed by atoms with Crippen molar-refractivity contribution in [3.8, 4) is 0 Å². The summed E-state index contributed by atoms with van der Waals surface area (Å²) >= 11 is 0. The maximum atomic E-state index is 14.0. The normalized spacial score (nSPS) is 10.9. The number of methoxy groups -OCH3 is 1. The number of aromatic nitrogens is 2. The summed E-state index contributed by atoms with van der Waals surface area (Å²) in [6.45, 7) is -0.110. The van der Waals surface area contributed by atoms with Crippen molar-refractivity contribution in [1.29, 1.82) is 0 Å². The van der Waals surface area contributed by atoms with Crippen molar-refractivity contribution in [3.63, 3.8) is 0 Å². The number of nitrogens with zero attached hydrogens (tertiary/aromatic N) is 2. The number of rotatable bonds is 8. The molecule has 0 unspecified atom stereocenters. The number of esters is 1. The molecule has 0 aliphatic rings. The quantitative estimate of drug-likeness (QED) is 0.355. The van der Waals surface area contributed by atoms with Gasteiger partial charge in [-0.25, -0.2) is 18.6 Å². The maximum absolute atomic E-state index is 14.0. The third-order valence-corrected chi connectivity index (χ3v) is 5.68. The van der Waals surface area contributed by atoms with Crippen LogP contribution in [-0.2, 0) is 29.5 Å². The van der Waals surface area contributed by atoms with Crippen molar-refractivity contribution < 1.29 is 23.1 Å². The van der Waals surface area contributed by atoms with E-state index in [1.54, 1.807) is 13.1 Å². The van der Waals surface area contributed by atoms with E-state index in [-0.39, 0.29) is 35.8 Å². The molecule has 7 nitrogen and oxygen atoms in total. The van der Waals surface area contributed by atoms with Gasteiger partial charge in [0.15, 0.2) is 5.69 Å². The molecule has 0 radical (unpaired) electrons. The highest BCUT2D eigenvalue weighted by Crippen LogP contribution is 2.32. The van der Waals surface area contributed by atoms with E-state index in [0.717, 1.165) is 5.56 Å². The maximum Gasteiger partial charge on any atom is 0.356 e. The van der Waals surface area contributed by atoms with Gasteiger partial charge >= 0.3 is 5.97 Å². The van der Waals surface area contributed by atoms with Crippen molar-refractivity contribution in [2.24, 2.45) is 7.05 Å². The Labute approximate surface area is 200 Å². The number of fused-ring (bicyclic) bond motifs is 1. The van der Waals surface area contributed by atoms with Gasteiger partial charge < -0.3 is 19.9 Å². The number of amides is 1. The third kappa shape index (κ3) is 5.13. The second kappa shape index (κ2) is 10.3. The van der Waals surface area contributed by atoms with Gasteiger partial charge in [-0.1, -0.05) is 36.4 Å². The molecule has 0 saturated heterocycles. The van der Waals surface area contributed by atoms with Crippen LogP contribution >= 0.6 is 0 Å². The zero-order chi connectivity index (χ0) is 24.9. The average molecular weight is 478 g/mol. The summed E-state index contributed by atoms with van der Waals surface area (Å²) in [6, 6.07) is 14.9. The van der Waals surface area contributed by atoms with E-state index in [4.69, 9.17) is 4.74 Å². The fourth-order valence-electron chi connectivity index (χ4n) is 3.86. The molecule has 2 heterocycles. The van der Waals surface area contributed by atoms with Crippen molar-refractivity contribution in [3.05, 3.63) is 89.2 Å². The molecule has 180 valence electrons. The number of anilines is 2. The molecule has 0 saturated carbocycles. The Morgan fingerprint density at radius 1 is 1.06 bits per heavy atom. The minimum absolute atomic E-state index is 0.106. The Morgan fingerprint density at radius 2 is 1.77 bits per heavy atom. The first-order valence-electron chi connectivity index (χ1n) is 11.0. The molecule has 0 atom stereocenters. The highest BCUT2D eigenvalue weighted by molar-refractivity contribution is 6.11. The molecular formula is C26H24F2N4O3. The summed E-state index contributed by atoms with van der Waals surface area (Å²) in [5.41, 5.74) is 2.21. The van der Waals surface area contributed by atoms with Crippen molar-refractivity contribution in [1.82, 2.24) is 9.55 Å². The number of pyridine rings is 1. The molecule has 0 bridgehead atoms. The van der Waals surface area contributed by atoms with Crippen LogP contribution in [0.2, 0.25) is 0 Å². The fraction of sp³-hybridized carbons (Fsp3) is 0.192. The van der Waals surface area contributed by atoms with Gasteiger partial charge in [-0.05, 0) is 30.2 Å². The second-order valence-corrected chi connectivity index (χ2v) is 7.96. The van der Waals surface area contributed by atoms with Gasteiger partial charge in [-0.3, -0.25) is 4.79 Å². The highest BCUT2D eigenvalue weighted by Gasteiger charge is 2.24. The predicted octanol–water partition coefficient (Wildman–Crippen LogP) is 4.82. The molecule has 2 N–H and O–H groups in total. The van der Waals surface area contributed by atoms with Crippen LogP contribution in [0.25, 0.3) is 11.0 Å². The molecule has 0 spiro atoms. The molecule has 0 aliphatic heterocycles. The Kier molecular flexibility index (Phi) is 7.05. The summed E-state index contributed by atoms with van der Waals surface area (Å²) < 4.78 is 34.4. The van der Waals surface area contributed by atoms with Crippen LogP contribution in [0.5, 0.6) is 0 Å². The SMILES string of the molecule is COC(=O)c1c(NC(=O)CCc2ccccc2)c2cc(NCc3c(F)cccc3F)cnc2n1C. The van der Waals surface area contributed by atoms with Crippen LogP contribution in [0.3, 0.4) is 0 Å². The minimum atomic E-state index is -0.661. The number of hydrogen-bond acceptors (Lipinski definition) is 5. The monoisotopic (exact) mass is 478 g/mol. The first-order valence-corrected chi connectivity index (χ1v) is 11.0. The van der Waals surface area contributed by atoms with Gasteiger partial charge in [0.25, 0.3) is 0 Å². The van der Waals surface area contributed by atoms with E-state index in [1.165, 1.54) is 36.1 Å². The molecule has 1 amide bonds. The Morgan fingerprint density at radius 3 is 2.46 bits per heavy atom. The number of carbonyl (C=O) groups excluding carboxylic acids is 2. The lowest BCUT2D eigenvalue weighted by atomic mass is 10.1. The highest BCUT2D eigenvalue weighted by atomic mass is 19.1. The minimum Gasteiger partial charge on any atom is -0.464 e. The summed E-state index contributed by atoms with van der Waals surface area (Å²) in [7, 11) is 2.90. The molecule has 0 fully saturated rings. The number of hydrogen-bond donors (Lipinski definition) is 2. The van der Waals surface area contributed by atoms with Crippen molar-refractivity contribution in [2.75, 3.05) is 17.7 Å². The summed E-state index contributed by atoms with van der Waals surface area (Å²) in [5.74, 6) is -2.23. The Bertz CT molecular complexity index is 1370. The van der Waals surface area contributed by atoms with E-state index in [9.17, 15) is 18.4 Å². The van der Waals surface area contributed by atoms with Crippen LogP contribution in [0, 0.1) is 11.6 Å². The number of nitrogens with one attached hydrogen (secondary N) is 2. The second-order valence-electron chi connectivity index (χ2n) is 7.96. The summed E-state index contributed by atoms with van der Waals surface area (Å²) in [6.07, 6.45) is 2.23. The van der Waals surface area contributed by atoms with E-state index < -0.39 is 17.6 Å². The van der Waals surface area contributed by atoms with Crippen LogP contribution in [0.4, 0.5) is 20.2 Å². The molecule has 9 heteroatoms. The van der Waals surface area contributed by atoms with Crippen LogP contribution in [0.15, 0.2) is 60.8 Å². The van der Waals surface area contributed by atoms with Crippen molar-refractivity contribution >= 4 is 34.3 Å². The third-order valence-electron chi connectivity index (χ3n) is 5.68. The first-order chi connectivity index (χ1) is 16.9. The predicted molar refractivity (Wildman–Crippen MR) is 129 cm³/mol. The van der Waals surface area contributed by atoms with Crippen molar-refractivity contribution in [2.45, 2.75) is 19.4 Å². The largest absolute Gasteiger partial charge is 0.464 e. The smallest absolute Gasteiger partial charge is 0.356 e. The van der Waals surface area contributed by atoms with Crippen LogP contribution < -0.4 is 10.6 Å². The fourth-order valence-corrected chi connectivity index (χ4v) is 3.86. The topological polar surface area (TPSA) is 85.2 Å². The Balaban J connectivity index is 1.63. The average Bonchev–Trinajstić information content (AvgIpc) is 3.13. The standard InChI is InChI=1S/C26H24F2N4O3/c1-32-24(26(34)35-2)23(31-22(33)12-11-16-7-4-3-5-8-16)18-13-17(14-30-25(18)32)29-15-19-20(27)9-6-10-21(19)28/h3-10,13-14,29H,11-12,15H2,1-2H3,(H,31,33). The van der Waals surface area contributed by atoms with Gasteiger partial charge in [0.05, 0.1) is 24.7 Å². The number of benzene rings is 2. The molecule has 4 rings (SSSR count). The van der Waals surface area contributed by atoms with E-state index in [2.05, 4.69) is 15.6 Å². The van der Waals surface area contributed by atoms with E-state index >= 15 is 0 Å². The first kappa shape index (κ1) is 23.9. The number of halogens is 2. The van der Waals surface area contributed by atoms with Gasteiger partial charge in [0.1, 0.15) is 17.3 Å². The lowest BCUT2D eigenvalue weighted by Gasteiger charge is -2.09. The van der Waals surface area contributed by atoms with Crippen LogP contribution in [-0.4, -0.2) is 28.5 Å². The molecule has 4 aromatic rings. The van der Waals surface area contributed by atoms with E-state index in [1.807, 2.05) is 30.3 Å². The molecule has 2 aromatic heterocycles. The molecule has 2 aromatic carbocycles. The summed E-state index contributed by atoms with van der Waals surface area (Å²) in [4.78, 5) is 29.7. The molecule has 35 heavy (non-hydrogen) atoms. The molecular weight excluding hydrogens is 454 g/mol. The van der Waals surface area contributed by atoms with Gasteiger partial charge in [0, 0.05) is 31.0 Å². The number of carbonyl (C=O) groups is 2. The zero-order valence-electron chi connectivity index (χ0n) is 19.3. The molecule has 0 aliphatic carbocycles. The number of aryl methyl sites for hydroxylation is 2. The lowest BCUT2D eigenvalue weighted by Crippen LogP contribution is -2.16. The Hall–Kier alpha value is -4.27. The van der Waals surface area contributed by atoms with Gasteiger partial charge in [-0.2, -0.15) is 0 Å². The zero-order valence-corrected chi connectivity index (χ0v) is 19.3. The van der Waals surface area contributed by atoms with Gasteiger partial charge in [-0.15, -0.1) is 0 Å². The number of ether oxygens (including phenoxy) is 1. The van der Waals surface area contributed by atoms with E-state index in [0.29, 0.717) is 23.1 Å².